The summed E-state index contributed by atoms with van der Waals surface area (Å²) < 4.78 is 11.1. The molecule has 0 aromatic heterocycles. The molecule has 0 atom stereocenters. The Morgan fingerprint density at radius 2 is 1.76 bits per heavy atom. The van der Waals surface area contributed by atoms with Gasteiger partial charge in [-0.2, -0.15) is 0 Å². The van der Waals surface area contributed by atoms with Crippen molar-refractivity contribution in [2.75, 3.05) is 30.4 Å². The molecule has 0 aliphatic heterocycles. The highest BCUT2D eigenvalue weighted by atomic mass is 16.5. The van der Waals surface area contributed by atoms with Crippen LogP contribution in [0.4, 0.5) is 11.4 Å². The molecule has 0 aliphatic carbocycles. The molecule has 0 bridgehead atoms. The minimum Gasteiger partial charge on any atom is -0.494 e. The lowest BCUT2D eigenvalue weighted by molar-refractivity contribution is -0.114. The van der Waals surface area contributed by atoms with Gasteiger partial charge in [-0.05, 0) is 49.2 Å². The number of hydrogen-bond donors (Lipinski definition) is 2. The lowest BCUT2D eigenvalue weighted by Gasteiger charge is -2.11. The summed E-state index contributed by atoms with van der Waals surface area (Å²) in [6.45, 7) is 7.60. The van der Waals surface area contributed by atoms with E-state index in [1.807, 2.05) is 55.5 Å². The van der Waals surface area contributed by atoms with Gasteiger partial charge in [0.25, 0.3) is 0 Å². The molecule has 2 aromatic rings. The molecule has 1 amide bonds. The largest absolute Gasteiger partial charge is 0.494 e. The van der Waals surface area contributed by atoms with Crippen LogP contribution in [0.2, 0.25) is 0 Å². The van der Waals surface area contributed by atoms with Crippen molar-refractivity contribution < 1.29 is 14.3 Å². The van der Waals surface area contributed by atoms with Crippen molar-refractivity contribution in [1.82, 2.24) is 0 Å². The normalized spacial score (nSPS) is 10.4. The first-order chi connectivity index (χ1) is 12.1. The van der Waals surface area contributed by atoms with Crippen molar-refractivity contribution >= 4 is 17.3 Å². The molecule has 0 heterocycles. The van der Waals surface area contributed by atoms with Gasteiger partial charge in [-0.3, -0.25) is 4.79 Å². The average Bonchev–Trinajstić information content (AvgIpc) is 2.60. The van der Waals surface area contributed by atoms with Crippen LogP contribution in [-0.2, 0) is 4.79 Å². The van der Waals surface area contributed by atoms with Gasteiger partial charge >= 0.3 is 0 Å². The highest BCUT2D eigenvalue weighted by Gasteiger charge is 2.04. The molecule has 2 rings (SSSR count). The second-order valence-electron chi connectivity index (χ2n) is 6.09. The van der Waals surface area contributed by atoms with E-state index in [0.717, 1.165) is 22.9 Å². The number of rotatable bonds is 9. The number of anilines is 2. The van der Waals surface area contributed by atoms with E-state index in [2.05, 4.69) is 24.5 Å². The van der Waals surface area contributed by atoms with Crippen LogP contribution < -0.4 is 20.1 Å². The van der Waals surface area contributed by atoms with E-state index in [9.17, 15) is 4.79 Å². The number of hydrogen-bond acceptors (Lipinski definition) is 4. The summed E-state index contributed by atoms with van der Waals surface area (Å²) in [5.41, 5.74) is 1.59. The minimum atomic E-state index is -0.116. The Labute approximate surface area is 149 Å². The third kappa shape index (κ3) is 6.75. The molecule has 2 aromatic carbocycles. The molecule has 2 N–H and O–H groups in total. The van der Waals surface area contributed by atoms with Crippen molar-refractivity contribution in [2.45, 2.75) is 20.8 Å². The first kappa shape index (κ1) is 18.6. The number of ether oxygens (including phenoxy) is 2. The van der Waals surface area contributed by atoms with Crippen molar-refractivity contribution in [1.29, 1.82) is 0 Å². The van der Waals surface area contributed by atoms with E-state index in [4.69, 9.17) is 9.47 Å². The maximum Gasteiger partial charge on any atom is 0.243 e. The fourth-order valence-electron chi connectivity index (χ4n) is 2.15. The molecule has 0 aliphatic rings. The zero-order valence-corrected chi connectivity index (χ0v) is 15.0. The van der Waals surface area contributed by atoms with Crippen LogP contribution >= 0.6 is 0 Å². The summed E-state index contributed by atoms with van der Waals surface area (Å²) in [5, 5.41) is 5.96. The summed E-state index contributed by atoms with van der Waals surface area (Å²) in [6.07, 6.45) is 0. The molecule has 0 saturated heterocycles. The van der Waals surface area contributed by atoms with E-state index < -0.39 is 0 Å². The van der Waals surface area contributed by atoms with Gasteiger partial charge in [0.2, 0.25) is 5.91 Å². The lowest BCUT2D eigenvalue weighted by atomic mass is 10.2. The van der Waals surface area contributed by atoms with Crippen molar-refractivity contribution in [3.8, 4) is 11.5 Å². The van der Waals surface area contributed by atoms with Crippen molar-refractivity contribution in [2.24, 2.45) is 5.92 Å². The van der Waals surface area contributed by atoms with Gasteiger partial charge in [-0.25, -0.2) is 0 Å². The average molecular weight is 342 g/mol. The number of carbonyl (C=O) groups is 1. The van der Waals surface area contributed by atoms with Gasteiger partial charge < -0.3 is 20.1 Å². The fraction of sp³-hybridized carbons (Fsp3) is 0.350. The second-order valence-corrected chi connectivity index (χ2v) is 6.09. The Morgan fingerprint density at radius 3 is 2.44 bits per heavy atom. The predicted octanol–water partition coefficient (Wildman–Crippen LogP) is 4.17. The first-order valence-corrected chi connectivity index (χ1v) is 8.56. The van der Waals surface area contributed by atoms with Crippen LogP contribution in [-0.4, -0.2) is 25.7 Å². The minimum absolute atomic E-state index is 0.116. The standard InChI is InChI=1S/C20H26N2O3/c1-4-24-18-10-8-16(9-11-18)21-13-20(23)22-17-6-5-7-19(12-17)25-14-15(2)3/h5-12,15,21H,4,13-14H2,1-3H3,(H,22,23). The van der Waals surface area contributed by atoms with Crippen LogP contribution in [0.1, 0.15) is 20.8 Å². The number of nitrogens with one attached hydrogen (secondary N) is 2. The Kier molecular flexibility index (Phi) is 7.14. The van der Waals surface area contributed by atoms with Gasteiger partial charge in [-0.1, -0.05) is 19.9 Å². The van der Waals surface area contributed by atoms with Crippen LogP contribution in [0, 0.1) is 5.92 Å². The molecule has 0 saturated carbocycles. The van der Waals surface area contributed by atoms with Crippen LogP contribution in [0.5, 0.6) is 11.5 Å². The molecular formula is C20H26N2O3. The summed E-state index contributed by atoms with van der Waals surface area (Å²) in [6, 6.07) is 14.9. The third-order valence-electron chi connectivity index (χ3n) is 3.32. The van der Waals surface area contributed by atoms with Gasteiger partial charge in [-0.15, -0.1) is 0 Å². The smallest absolute Gasteiger partial charge is 0.243 e. The Morgan fingerprint density at radius 1 is 1.00 bits per heavy atom. The Bertz CT molecular complexity index is 669. The Balaban J connectivity index is 1.82. The van der Waals surface area contributed by atoms with Crippen LogP contribution in [0.15, 0.2) is 48.5 Å². The molecule has 5 heteroatoms. The summed E-state index contributed by atoms with van der Waals surface area (Å²) >= 11 is 0. The number of benzene rings is 2. The SMILES string of the molecule is CCOc1ccc(NCC(=O)Nc2cccc(OCC(C)C)c2)cc1. The number of amides is 1. The van der Waals surface area contributed by atoms with E-state index in [0.29, 0.717) is 19.1 Å². The van der Waals surface area contributed by atoms with Crippen molar-refractivity contribution in [3.63, 3.8) is 0 Å². The maximum absolute atomic E-state index is 12.1. The second kappa shape index (κ2) is 9.57. The number of carbonyl (C=O) groups excluding carboxylic acids is 1. The highest BCUT2D eigenvalue weighted by molar-refractivity contribution is 5.93. The summed E-state index contributed by atoms with van der Waals surface area (Å²) in [7, 11) is 0. The van der Waals surface area contributed by atoms with E-state index in [1.165, 1.54) is 0 Å². The van der Waals surface area contributed by atoms with Gasteiger partial charge in [0.15, 0.2) is 0 Å². The van der Waals surface area contributed by atoms with Gasteiger partial charge in [0.05, 0.1) is 19.8 Å². The van der Waals surface area contributed by atoms with Gasteiger partial charge in [0.1, 0.15) is 11.5 Å². The highest BCUT2D eigenvalue weighted by Crippen LogP contribution is 2.18. The monoisotopic (exact) mass is 342 g/mol. The fourth-order valence-corrected chi connectivity index (χ4v) is 2.15. The molecule has 0 unspecified atom stereocenters. The molecular weight excluding hydrogens is 316 g/mol. The third-order valence-corrected chi connectivity index (χ3v) is 3.32. The Hall–Kier alpha value is -2.69. The van der Waals surface area contributed by atoms with E-state index in [1.54, 1.807) is 0 Å². The predicted molar refractivity (Wildman–Crippen MR) is 102 cm³/mol. The van der Waals surface area contributed by atoms with E-state index in [-0.39, 0.29) is 12.5 Å². The lowest BCUT2D eigenvalue weighted by Crippen LogP contribution is -2.21. The topological polar surface area (TPSA) is 59.6 Å². The molecule has 0 spiro atoms. The van der Waals surface area contributed by atoms with Crippen molar-refractivity contribution in [3.05, 3.63) is 48.5 Å². The van der Waals surface area contributed by atoms with Gasteiger partial charge in [0, 0.05) is 17.4 Å². The zero-order chi connectivity index (χ0) is 18.1. The van der Waals surface area contributed by atoms with Crippen LogP contribution in [0.3, 0.4) is 0 Å². The molecule has 134 valence electrons. The quantitative estimate of drug-likeness (QED) is 0.718. The van der Waals surface area contributed by atoms with Crippen LogP contribution in [0.25, 0.3) is 0 Å². The molecule has 25 heavy (non-hydrogen) atoms. The van der Waals surface area contributed by atoms with E-state index >= 15 is 0 Å². The maximum atomic E-state index is 12.1. The summed E-state index contributed by atoms with van der Waals surface area (Å²) in [4.78, 5) is 12.1. The zero-order valence-electron chi connectivity index (χ0n) is 15.0. The first-order valence-electron chi connectivity index (χ1n) is 8.56. The molecule has 0 radical (unpaired) electrons. The molecule has 5 nitrogen and oxygen atoms in total. The molecule has 0 fully saturated rings. The summed E-state index contributed by atoms with van der Waals surface area (Å²) in [5.74, 6) is 1.91.